The molecule has 1 aromatic carbocycles. The van der Waals surface area contributed by atoms with Crippen molar-refractivity contribution in [2.75, 3.05) is 20.3 Å². The minimum absolute atomic E-state index is 0.00886. The van der Waals surface area contributed by atoms with Crippen LogP contribution in [-0.4, -0.2) is 47.2 Å². The molecule has 5 heteroatoms. The van der Waals surface area contributed by atoms with Gasteiger partial charge in [-0.3, -0.25) is 4.79 Å². The first kappa shape index (κ1) is 26.8. The van der Waals surface area contributed by atoms with Crippen molar-refractivity contribution in [3.8, 4) is 29.2 Å². The monoisotopic (exact) mass is 484 g/mol. The van der Waals surface area contributed by atoms with Crippen LogP contribution >= 0.6 is 0 Å². The molecule has 1 unspecified atom stereocenters. The number of rotatable bonds is 11. The maximum absolute atomic E-state index is 12.4. The minimum atomic E-state index is -0.00886. The fourth-order valence-corrected chi connectivity index (χ4v) is 4.57. The molecule has 0 saturated carbocycles. The Morgan fingerprint density at radius 1 is 1.36 bits per heavy atom. The van der Waals surface area contributed by atoms with Gasteiger partial charge < -0.3 is 19.7 Å². The van der Waals surface area contributed by atoms with E-state index in [4.69, 9.17) is 11.2 Å². The first-order valence-electron chi connectivity index (χ1n) is 12.4. The molecule has 1 atom stereocenters. The first-order valence-corrected chi connectivity index (χ1v) is 12.4. The van der Waals surface area contributed by atoms with Gasteiger partial charge in [0, 0.05) is 47.1 Å². The average molecular weight is 485 g/mol. The van der Waals surface area contributed by atoms with Crippen molar-refractivity contribution in [1.82, 2.24) is 9.88 Å². The number of ether oxygens (including phenoxy) is 1. The van der Waals surface area contributed by atoms with E-state index >= 15 is 0 Å². The summed E-state index contributed by atoms with van der Waals surface area (Å²) in [4.78, 5) is 17.5. The number of unbranched alkanes of at least 4 members (excludes halogenated alkanes) is 1. The first-order chi connectivity index (χ1) is 17.5. The number of terminal acetylenes is 1. The van der Waals surface area contributed by atoms with Crippen LogP contribution in [0.3, 0.4) is 0 Å². The number of nitrogens with zero attached hydrogens (tertiary/aromatic N) is 1. The second kappa shape index (κ2) is 13.4. The molecule has 188 valence electrons. The molecule has 1 fully saturated rings. The number of aryl methyl sites for hydroxylation is 1. The maximum atomic E-state index is 12.4. The van der Waals surface area contributed by atoms with Crippen molar-refractivity contribution in [1.29, 1.82) is 0 Å². The van der Waals surface area contributed by atoms with Crippen molar-refractivity contribution < 1.29 is 14.6 Å². The van der Waals surface area contributed by atoms with Gasteiger partial charge in [0.25, 0.3) is 0 Å². The van der Waals surface area contributed by atoms with E-state index in [0.717, 1.165) is 71.5 Å². The zero-order valence-electron chi connectivity index (χ0n) is 21.3. The van der Waals surface area contributed by atoms with E-state index in [1.165, 1.54) is 0 Å². The van der Waals surface area contributed by atoms with E-state index in [0.29, 0.717) is 6.42 Å². The summed E-state index contributed by atoms with van der Waals surface area (Å²) in [5, 5.41) is 9.41. The second-order valence-electron chi connectivity index (χ2n) is 8.86. The molecule has 1 aliphatic rings. The third-order valence-corrected chi connectivity index (χ3v) is 6.58. The van der Waals surface area contributed by atoms with E-state index < -0.39 is 0 Å². The Hall–Kier alpha value is -3.75. The van der Waals surface area contributed by atoms with Gasteiger partial charge in [0.2, 0.25) is 5.91 Å². The van der Waals surface area contributed by atoms with Crippen LogP contribution in [0, 0.1) is 19.3 Å². The number of hydrogen-bond donors (Lipinski definition) is 2. The molecule has 0 spiro atoms. The smallest absolute Gasteiger partial charge is 0.222 e. The van der Waals surface area contributed by atoms with Crippen molar-refractivity contribution in [3.05, 3.63) is 83.7 Å². The number of benzene rings is 1. The number of carbonyl (C=O) groups excluding carboxylic acids is 1. The lowest BCUT2D eigenvalue weighted by atomic mass is 9.97. The summed E-state index contributed by atoms with van der Waals surface area (Å²) in [7, 11) is 1.67. The Balaban J connectivity index is 1.69. The highest BCUT2D eigenvalue weighted by Crippen LogP contribution is 2.35. The molecular formula is C31H36N2O3. The van der Waals surface area contributed by atoms with Gasteiger partial charge in [-0.15, -0.1) is 6.42 Å². The van der Waals surface area contributed by atoms with Crippen molar-refractivity contribution in [2.24, 2.45) is 0 Å². The van der Waals surface area contributed by atoms with Gasteiger partial charge in [-0.25, -0.2) is 0 Å². The molecule has 1 amide bonds. The van der Waals surface area contributed by atoms with Crippen LogP contribution in [0.2, 0.25) is 0 Å². The van der Waals surface area contributed by atoms with Crippen LogP contribution in [0.5, 0.6) is 5.75 Å². The summed E-state index contributed by atoms with van der Waals surface area (Å²) in [6.45, 7) is 6.81. The van der Waals surface area contributed by atoms with Gasteiger partial charge in [0.15, 0.2) is 0 Å². The normalized spacial score (nSPS) is 16.4. The van der Waals surface area contributed by atoms with Gasteiger partial charge in [0.05, 0.1) is 19.8 Å². The lowest BCUT2D eigenvalue weighted by Gasteiger charge is -2.22. The van der Waals surface area contributed by atoms with Crippen LogP contribution in [0.1, 0.15) is 43.4 Å². The SMILES string of the molecule is C#CC(=C\C=C/CCCC(=O)N1CCCC1CO)/C(C=C)=C/c1c(-c2ccccc2OC)c[nH]c1C. The summed E-state index contributed by atoms with van der Waals surface area (Å²) in [6.07, 6.45) is 21.4. The molecule has 1 aromatic heterocycles. The Kier molecular flexibility index (Phi) is 9.97. The Labute approximate surface area is 214 Å². The molecule has 2 heterocycles. The number of carbonyl (C=O) groups is 1. The minimum Gasteiger partial charge on any atom is -0.496 e. The number of hydrogen-bond acceptors (Lipinski definition) is 3. The highest BCUT2D eigenvalue weighted by atomic mass is 16.5. The topological polar surface area (TPSA) is 65.6 Å². The summed E-state index contributed by atoms with van der Waals surface area (Å²) in [5.74, 6) is 3.71. The third kappa shape index (κ3) is 6.47. The predicted molar refractivity (Wildman–Crippen MR) is 147 cm³/mol. The second-order valence-corrected chi connectivity index (χ2v) is 8.86. The van der Waals surface area contributed by atoms with Gasteiger partial charge in [0.1, 0.15) is 5.75 Å². The van der Waals surface area contributed by atoms with Gasteiger partial charge >= 0.3 is 0 Å². The summed E-state index contributed by atoms with van der Waals surface area (Å²) < 4.78 is 5.56. The quantitative estimate of drug-likeness (QED) is 0.239. The summed E-state index contributed by atoms with van der Waals surface area (Å²) in [5.41, 5.74) is 5.66. The Morgan fingerprint density at radius 2 is 2.17 bits per heavy atom. The molecule has 1 aliphatic heterocycles. The Morgan fingerprint density at radius 3 is 2.89 bits per heavy atom. The Bertz CT molecular complexity index is 1190. The lowest BCUT2D eigenvalue weighted by Crippen LogP contribution is -2.37. The van der Waals surface area contributed by atoms with E-state index in [2.05, 4.69) is 17.5 Å². The van der Waals surface area contributed by atoms with Crippen molar-refractivity contribution in [3.63, 3.8) is 0 Å². The highest BCUT2D eigenvalue weighted by molar-refractivity contribution is 5.83. The third-order valence-electron chi connectivity index (χ3n) is 6.58. The van der Waals surface area contributed by atoms with Gasteiger partial charge in [-0.2, -0.15) is 0 Å². The molecule has 1 saturated heterocycles. The van der Waals surface area contributed by atoms with E-state index in [9.17, 15) is 9.90 Å². The average Bonchev–Trinajstić information content (AvgIpc) is 3.53. The molecule has 0 aliphatic carbocycles. The molecule has 2 N–H and O–H groups in total. The number of para-hydroxylation sites is 1. The van der Waals surface area contributed by atoms with Gasteiger partial charge in [-0.1, -0.05) is 48.9 Å². The molecule has 0 bridgehead atoms. The molecular weight excluding hydrogens is 448 g/mol. The summed E-state index contributed by atoms with van der Waals surface area (Å²) in [6, 6.07) is 7.91. The number of aromatic nitrogens is 1. The van der Waals surface area contributed by atoms with Crippen LogP contribution in [0.15, 0.2) is 72.5 Å². The fourth-order valence-electron chi connectivity index (χ4n) is 4.57. The van der Waals surface area contributed by atoms with Crippen LogP contribution in [0.25, 0.3) is 17.2 Å². The van der Waals surface area contributed by atoms with Crippen LogP contribution in [-0.2, 0) is 4.79 Å². The van der Waals surface area contributed by atoms with Crippen molar-refractivity contribution in [2.45, 2.75) is 45.1 Å². The predicted octanol–water partition coefficient (Wildman–Crippen LogP) is 5.84. The molecule has 0 radical (unpaired) electrons. The molecule has 3 rings (SSSR count). The number of methoxy groups -OCH3 is 1. The summed E-state index contributed by atoms with van der Waals surface area (Å²) >= 11 is 0. The van der Waals surface area contributed by atoms with E-state index in [1.807, 2.05) is 66.6 Å². The number of likely N-dealkylation sites (tertiary alicyclic amines) is 1. The zero-order chi connectivity index (χ0) is 25.9. The standard InChI is InChI=1S/C31H36N2O3/c1-5-24(14-9-7-8-10-18-31(35)33-19-13-15-26(33)22-34)25(6-2)20-28-23(3)32-21-29(28)27-16-11-12-17-30(27)36-4/h1,6-7,9,11-12,14,16-17,20-21,26,32,34H,2,8,10,13,15,18-19,22H2,3-4H3/b9-7-,24-14+,25-20+. The number of aliphatic hydroxyl groups excluding tert-OH is 1. The largest absolute Gasteiger partial charge is 0.496 e. The van der Waals surface area contributed by atoms with Gasteiger partial charge in [-0.05, 0) is 56.4 Å². The van der Waals surface area contributed by atoms with E-state index in [-0.39, 0.29) is 18.6 Å². The number of H-pyrrole nitrogens is 1. The number of aliphatic hydroxyl groups is 1. The number of allylic oxidation sites excluding steroid dienone is 6. The van der Waals surface area contributed by atoms with E-state index in [1.54, 1.807) is 13.2 Å². The highest BCUT2D eigenvalue weighted by Gasteiger charge is 2.27. The molecule has 36 heavy (non-hydrogen) atoms. The lowest BCUT2D eigenvalue weighted by molar-refractivity contribution is -0.132. The number of amides is 1. The number of nitrogens with one attached hydrogen (secondary N) is 1. The van der Waals surface area contributed by atoms with Crippen LogP contribution in [0.4, 0.5) is 0 Å². The number of aromatic amines is 1. The zero-order valence-corrected chi connectivity index (χ0v) is 21.3. The molecule has 5 nitrogen and oxygen atoms in total. The van der Waals surface area contributed by atoms with Crippen LogP contribution < -0.4 is 4.74 Å². The molecule has 2 aromatic rings. The fraction of sp³-hybridized carbons (Fsp3) is 0.323. The maximum Gasteiger partial charge on any atom is 0.222 e. The van der Waals surface area contributed by atoms with Crippen molar-refractivity contribution >= 4 is 12.0 Å².